The summed E-state index contributed by atoms with van der Waals surface area (Å²) < 4.78 is 0. The summed E-state index contributed by atoms with van der Waals surface area (Å²) in [6.45, 7) is 1.80. The second kappa shape index (κ2) is 8.90. The van der Waals surface area contributed by atoms with Crippen molar-refractivity contribution in [1.82, 2.24) is 15.5 Å². The molecule has 120 valence electrons. The quantitative estimate of drug-likeness (QED) is 0.840. The van der Waals surface area contributed by atoms with Gasteiger partial charge in [0.25, 0.3) is 0 Å². The topological polar surface area (TPSA) is 61.4 Å². The Hall–Kier alpha value is -1.26. The molecule has 5 heteroatoms. The van der Waals surface area contributed by atoms with E-state index in [9.17, 15) is 9.59 Å². The van der Waals surface area contributed by atoms with Gasteiger partial charge in [0.05, 0.1) is 6.54 Å². The number of piperidine rings is 1. The third kappa shape index (κ3) is 5.94. The minimum Gasteiger partial charge on any atom is -0.341 e. The molecule has 1 heterocycles. The van der Waals surface area contributed by atoms with E-state index in [4.69, 9.17) is 0 Å². The van der Waals surface area contributed by atoms with E-state index in [-0.39, 0.29) is 24.5 Å². The number of nitrogens with one attached hydrogen (secondary N) is 2. The van der Waals surface area contributed by atoms with Crippen LogP contribution in [-0.2, 0) is 4.79 Å². The first kappa shape index (κ1) is 16.1. The van der Waals surface area contributed by atoms with Gasteiger partial charge < -0.3 is 15.5 Å². The molecular weight excluding hydrogens is 266 g/mol. The lowest BCUT2D eigenvalue weighted by Crippen LogP contribution is -2.47. The Labute approximate surface area is 127 Å². The van der Waals surface area contributed by atoms with Crippen molar-refractivity contribution in [3.63, 3.8) is 0 Å². The number of likely N-dealkylation sites (tertiary alicyclic amines) is 1. The molecule has 2 rings (SSSR count). The van der Waals surface area contributed by atoms with Gasteiger partial charge in [0.15, 0.2) is 0 Å². The normalized spacial score (nSPS) is 21.2. The van der Waals surface area contributed by atoms with Crippen molar-refractivity contribution < 1.29 is 9.59 Å². The fourth-order valence-electron chi connectivity index (χ4n) is 3.25. The van der Waals surface area contributed by atoms with Crippen LogP contribution in [0.1, 0.15) is 64.2 Å². The smallest absolute Gasteiger partial charge is 0.315 e. The molecule has 0 unspecified atom stereocenters. The molecule has 1 aliphatic heterocycles. The van der Waals surface area contributed by atoms with Crippen molar-refractivity contribution in [2.45, 2.75) is 70.3 Å². The Bertz CT molecular complexity index is 332. The van der Waals surface area contributed by atoms with E-state index in [1.54, 1.807) is 0 Å². The van der Waals surface area contributed by atoms with Gasteiger partial charge in [-0.25, -0.2) is 4.79 Å². The maximum absolute atomic E-state index is 12.0. The van der Waals surface area contributed by atoms with Crippen molar-refractivity contribution in [3.05, 3.63) is 0 Å². The summed E-state index contributed by atoms with van der Waals surface area (Å²) in [5, 5.41) is 5.75. The van der Waals surface area contributed by atoms with E-state index in [2.05, 4.69) is 10.6 Å². The summed E-state index contributed by atoms with van der Waals surface area (Å²) >= 11 is 0. The fraction of sp³-hybridized carbons (Fsp3) is 0.875. The van der Waals surface area contributed by atoms with Crippen molar-refractivity contribution in [1.29, 1.82) is 0 Å². The number of carbonyl (C=O) groups is 2. The monoisotopic (exact) mass is 295 g/mol. The maximum atomic E-state index is 12.0. The first-order valence-electron chi connectivity index (χ1n) is 8.58. The third-order valence-electron chi connectivity index (χ3n) is 4.55. The zero-order chi connectivity index (χ0) is 14.9. The molecular formula is C16H29N3O2. The molecule has 2 fully saturated rings. The van der Waals surface area contributed by atoms with Crippen molar-refractivity contribution in [3.8, 4) is 0 Å². The molecule has 0 aromatic heterocycles. The average molecular weight is 295 g/mol. The molecule has 0 aromatic carbocycles. The van der Waals surface area contributed by atoms with Crippen LogP contribution in [0.4, 0.5) is 4.79 Å². The van der Waals surface area contributed by atoms with Crippen molar-refractivity contribution >= 4 is 11.9 Å². The standard InChI is InChI=1S/C16H29N3O2/c20-15(19-11-7-4-8-12-19)13-17-16(21)18-14-9-5-2-1-3-6-10-14/h14H,1-13H2,(H2,17,18,21). The molecule has 5 nitrogen and oxygen atoms in total. The van der Waals surface area contributed by atoms with Gasteiger partial charge in [0, 0.05) is 19.1 Å². The lowest BCUT2D eigenvalue weighted by atomic mass is 9.97. The Kier molecular flexibility index (Phi) is 6.83. The summed E-state index contributed by atoms with van der Waals surface area (Å²) in [4.78, 5) is 25.7. The van der Waals surface area contributed by atoms with Crippen LogP contribution in [0.25, 0.3) is 0 Å². The predicted molar refractivity (Wildman–Crippen MR) is 83.1 cm³/mol. The van der Waals surface area contributed by atoms with Gasteiger partial charge >= 0.3 is 6.03 Å². The van der Waals surface area contributed by atoms with Crippen LogP contribution in [-0.4, -0.2) is 42.5 Å². The highest BCUT2D eigenvalue weighted by Gasteiger charge is 2.18. The molecule has 0 aromatic rings. The van der Waals surface area contributed by atoms with Gasteiger partial charge in [-0.3, -0.25) is 4.79 Å². The number of rotatable bonds is 3. The average Bonchev–Trinajstić information content (AvgIpc) is 2.48. The molecule has 2 aliphatic rings. The van der Waals surface area contributed by atoms with Crippen LogP contribution in [0.2, 0.25) is 0 Å². The van der Waals surface area contributed by atoms with Crippen LogP contribution in [0.5, 0.6) is 0 Å². The van der Waals surface area contributed by atoms with Gasteiger partial charge in [-0.2, -0.15) is 0 Å². The van der Waals surface area contributed by atoms with E-state index in [0.717, 1.165) is 38.8 Å². The van der Waals surface area contributed by atoms with Crippen LogP contribution in [0.3, 0.4) is 0 Å². The lowest BCUT2D eigenvalue weighted by Gasteiger charge is -2.27. The van der Waals surface area contributed by atoms with Crippen LogP contribution < -0.4 is 10.6 Å². The molecule has 1 saturated heterocycles. The van der Waals surface area contributed by atoms with Gasteiger partial charge in [-0.15, -0.1) is 0 Å². The Morgan fingerprint density at radius 1 is 0.857 bits per heavy atom. The fourth-order valence-corrected chi connectivity index (χ4v) is 3.25. The number of hydrogen-bond donors (Lipinski definition) is 2. The summed E-state index contributed by atoms with van der Waals surface area (Å²) in [6.07, 6.45) is 11.7. The molecule has 1 saturated carbocycles. The number of carbonyl (C=O) groups excluding carboxylic acids is 2. The Morgan fingerprint density at radius 2 is 1.43 bits per heavy atom. The van der Waals surface area contributed by atoms with Crippen LogP contribution in [0.15, 0.2) is 0 Å². The predicted octanol–water partition coefficient (Wildman–Crippen LogP) is 2.41. The first-order valence-corrected chi connectivity index (χ1v) is 8.58. The lowest BCUT2D eigenvalue weighted by molar-refractivity contribution is -0.130. The molecule has 1 aliphatic carbocycles. The van der Waals surface area contributed by atoms with Gasteiger partial charge in [-0.05, 0) is 32.1 Å². The number of hydrogen-bond acceptors (Lipinski definition) is 2. The number of amides is 3. The highest BCUT2D eigenvalue weighted by molar-refractivity contribution is 5.84. The van der Waals surface area contributed by atoms with Gasteiger partial charge in [0.1, 0.15) is 0 Å². The van der Waals surface area contributed by atoms with Crippen LogP contribution >= 0.6 is 0 Å². The number of urea groups is 1. The second-order valence-corrected chi connectivity index (χ2v) is 6.31. The minimum atomic E-state index is -0.189. The zero-order valence-electron chi connectivity index (χ0n) is 13.0. The zero-order valence-corrected chi connectivity index (χ0v) is 13.0. The van der Waals surface area contributed by atoms with Crippen molar-refractivity contribution in [2.24, 2.45) is 0 Å². The summed E-state index contributed by atoms with van der Waals surface area (Å²) in [5.41, 5.74) is 0. The highest BCUT2D eigenvalue weighted by atomic mass is 16.2. The van der Waals surface area contributed by atoms with Gasteiger partial charge in [-0.1, -0.05) is 32.1 Å². The summed E-state index contributed by atoms with van der Waals surface area (Å²) in [7, 11) is 0. The van der Waals surface area contributed by atoms with E-state index in [1.165, 1.54) is 38.5 Å². The van der Waals surface area contributed by atoms with Gasteiger partial charge in [0.2, 0.25) is 5.91 Å². The molecule has 2 N–H and O–H groups in total. The van der Waals surface area contributed by atoms with Crippen molar-refractivity contribution in [2.75, 3.05) is 19.6 Å². The van der Waals surface area contributed by atoms with E-state index < -0.39 is 0 Å². The van der Waals surface area contributed by atoms with Crippen LogP contribution in [0, 0.1) is 0 Å². The molecule has 0 bridgehead atoms. The van der Waals surface area contributed by atoms with E-state index in [1.807, 2.05) is 4.90 Å². The van der Waals surface area contributed by atoms with E-state index in [0.29, 0.717) is 0 Å². The largest absolute Gasteiger partial charge is 0.341 e. The molecule has 0 spiro atoms. The Morgan fingerprint density at radius 3 is 2.10 bits per heavy atom. The van der Waals surface area contributed by atoms with E-state index >= 15 is 0 Å². The number of nitrogens with zero attached hydrogens (tertiary/aromatic N) is 1. The maximum Gasteiger partial charge on any atom is 0.315 e. The third-order valence-corrected chi connectivity index (χ3v) is 4.55. The second-order valence-electron chi connectivity index (χ2n) is 6.31. The highest BCUT2D eigenvalue weighted by Crippen LogP contribution is 2.16. The molecule has 3 amide bonds. The molecule has 21 heavy (non-hydrogen) atoms. The molecule has 0 atom stereocenters. The summed E-state index contributed by atoms with van der Waals surface area (Å²) in [5.74, 6) is 0.0440. The SMILES string of the molecule is O=C(NCC(=O)N1CCCCC1)NC1CCCCCCC1. The minimum absolute atomic E-state index is 0.0440. The first-order chi connectivity index (χ1) is 10.3. The molecule has 0 radical (unpaired) electrons. The summed E-state index contributed by atoms with van der Waals surface area (Å²) in [6, 6.07) is 0.0846. The Balaban J connectivity index is 1.64.